The number of rotatable bonds is 2. The standard InChI is InChI=1S/C20H16FN5O/c21-15-7-4-8-16-18(15)19(24-23-16)20(27)25-10-9-17-13(12-25)11-22-26(17)14-5-2-1-3-6-14/h1-8,11H,9-10,12H2,(H,23,24). The molecule has 0 bridgehead atoms. The van der Waals surface area contributed by atoms with E-state index in [2.05, 4.69) is 15.3 Å². The van der Waals surface area contributed by atoms with Crippen LogP contribution in [0, 0.1) is 5.82 Å². The number of fused-ring (bicyclic) bond motifs is 2. The SMILES string of the molecule is O=C(c1n[nH]c2cccc(F)c12)N1CCc2c(cnn2-c2ccccc2)C1. The lowest BCUT2D eigenvalue weighted by atomic mass is 10.1. The van der Waals surface area contributed by atoms with Crippen molar-refractivity contribution < 1.29 is 9.18 Å². The van der Waals surface area contributed by atoms with Crippen LogP contribution >= 0.6 is 0 Å². The molecule has 0 radical (unpaired) electrons. The highest BCUT2D eigenvalue weighted by Crippen LogP contribution is 2.25. The molecule has 1 aliphatic heterocycles. The molecular formula is C20H16FN5O. The third-order valence-corrected chi connectivity index (χ3v) is 4.96. The lowest BCUT2D eigenvalue weighted by Gasteiger charge is -2.27. The van der Waals surface area contributed by atoms with E-state index in [4.69, 9.17) is 0 Å². The number of nitrogens with one attached hydrogen (secondary N) is 1. The van der Waals surface area contributed by atoms with E-state index < -0.39 is 5.82 Å². The minimum atomic E-state index is -0.445. The van der Waals surface area contributed by atoms with E-state index in [0.717, 1.165) is 16.9 Å². The number of H-pyrrole nitrogens is 1. The van der Waals surface area contributed by atoms with Gasteiger partial charge in [0.25, 0.3) is 5.91 Å². The largest absolute Gasteiger partial charge is 0.332 e. The van der Waals surface area contributed by atoms with Crippen molar-refractivity contribution >= 4 is 16.8 Å². The Labute approximate surface area is 154 Å². The topological polar surface area (TPSA) is 66.8 Å². The molecule has 2 aromatic carbocycles. The number of nitrogens with zero attached hydrogens (tertiary/aromatic N) is 4. The lowest BCUT2D eigenvalue weighted by molar-refractivity contribution is 0.0729. The summed E-state index contributed by atoms with van der Waals surface area (Å²) >= 11 is 0. The van der Waals surface area contributed by atoms with Crippen LogP contribution in [0.4, 0.5) is 4.39 Å². The van der Waals surface area contributed by atoms with Gasteiger partial charge < -0.3 is 4.90 Å². The van der Waals surface area contributed by atoms with Crippen LogP contribution in [0.15, 0.2) is 54.7 Å². The number of aromatic amines is 1. The maximum Gasteiger partial charge on any atom is 0.275 e. The molecular weight excluding hydrogens is 345 g/mol. The molecule has 0 unspecified atom stereocenters. The summed E-state index contributed by atoms with van der Waals surface area (Å²) in [5, 5.41) is 11.5. The van der Waals surface area contributed by atoms with Crippen molar-refractivity contribution in [2.24, 2.45) is 0 Å². The van der Waals surface area contributed by atoms with Crippen molar-refractivity contribution in [2.45, 2.75) is 13.0 Å². The first-order chi connectivity index (χ1) is 13.2. The summed E-state index contributed by atoms with van der Waals surface area (Å²) in [5.41, 5.74) is 3.75. The van der Waals surface area contributed by atoms with Gasteiger partial charge in [-0.3, -0.25) is 9.89 Å². The molecule has 0 saturated heterocycles. The monoisotopic (exact) mass is 361 g/mol. The van der Waals surface area contributed by atoms with Gasteiger partial charge in [0.1, 0.15) is 5.82 Å². The van der Waals surface area contributed by atoms with Gasteiger partial charge in [-0.05, 0) is 24.3 Å². The first kappa shape index (κ1) is 15.7. The molecule has 0 aliphatic carbocycles. The first-order valence-electron chi connectivity index (χ1n) is 8.75. The second-order valence-corrected chi connectivity index (χ2v) is 6.58. The number of para-hydroxylation sites is 1. The zero-order valence-corrected chi connectivity index (χ0v) is 14.4. The van der Waals surface area contributed by atoms with Gasteiger partial charge in [0.15, 0.2) is 5.69 Å². The molecule has 3 heterocycles. The van der Waals surface area contributed by atoms with E-state index in [1.807, 2.05) is 35.0 Å². The highest BCUT2D eigenvalue weighted by atomic mass is 19.1. The van der Waals surface area contributed by atoms with Crippen LogP contribution in [0.2, 0.25) is 0 Å². The molecule has 1 amide bonds. The van der Waals surface area contributed by atoms with Gasteiger partial charge in [0, 0.05) is 25.1 Å². The number of amides is 1. The van der Waals surface area contributed by atoms with Crippen LogP contribution in [-0.4, -0.2) is 37.3 Å². The van der Waals surface area contributed by atoms with E-state index in [9.17, 15) is 9.18 Å². The van der Waals surface area contributed by atoms with E-state index in [0.29, 0.717) is 25.0 Å². The Morgan fingerprint density at radius 1 is 1.11 bits per heavy atom. The molecule has 1 aliphatic rings. The molecule has 27 heavy (non-hydrogen) atoms. The van der Waals surface area contributed by atoms with Crippen molar-refractivity contribution in [3.8, 4) is 5.69 Å². The molecule has 5 rings (SSSR count). The van der Waals surface area contributed by atoms with Gasteiger partial charge in [-0.2, -0.15) is 10.2 Å². The number of benzene rings is 2. The van der Waals surface area contributed by atoms with E-state index in [1.165, 1.54) is 6.07 Å². The Morgan fingerprint density at radius 2 is 1.96 bits per heavy atom. The van der Waals surface area contributed by atoms with Crippen molar-refractivity contribution in [3.05, 3.63) is 77.5 Å². The molecule has 0 fully saturated rings. The summed E-state index contributed by atoms with van der Waals surface area (Å²) in [6.45, 7) is 0.969. The van der Waals surface area contributed by atoms with Gasteiger partial charge in [0.05, 0.1) is 28.5 Å². The number of aromatic nitrogens is 4. The summed E-state index contributed by atoms with van der Waals surface area (Å²) < 4.78 is 16.1. The molecule has 0 atom stereocenters. The molecule has 0 spiro atoms. The number of hydrogen-bond donors (Lipinski definition) is 1. The maximum atomic E-state index is 14.2. The second kappa shape index (κ2) is 6.05. The van der Waals surface area contributed by atoms with Gasteiger partial charge in [-0.25, -0.2) is 9.07 Å². The third-order valence-electron chi connectivity index (χ3n) is 4.96. The molecule has 4 aromatic rings. The molecule has 2 aromatic heterocycles. The molecule has 0 saturated carbocycles. The predicted molar refractivity (Wildman–Crippen MR) is 98.1 cm³/mol. The normalized spacial score (nSPS) is 13.7. The Hall–Kier alpha value is -3.48. The smallest absolute Gasteiger partial charge is 0.275 e. The number of hydrogen-bond acceptors (Lipinski definition) is 3. The highest BCUT2D eigenvalue weighted by Gasteiger charge is 2.28. The van der Waals surface area contributed by atoms with Crippen molar-refractivity contribution in [1.29, 1.82) is 0 Å². The van der Waals surface area contributed by atoms with Crippen molar-refractivity contribution in [1.82, 2.24) is 24.9 Å². The number of carbonyl (C=O) groups is 1. The quantitative estimate of drug-likeness (QED) is 0.597. The van der Waals surface area contributed by atoms with Gasteiger partial charge >= 0.3 is 0 Å². The van der Waals surface area contributed by atoms with E-state index >= 15 is 0 Å². The fraction of sp³-hybridized carbons (Fsp3) is 0.150. The fourth-order valence-corrected chi connectivity index (χ4v) is 3.63. The number of carbonyl (C=O) groups excluding carboxylic acids is 1. The minimum Gasteiger partial charge on any atom is -0.332 e. The molecule has 6 nitrogen and oxygen atoms in total. The summed E-state index contributed by atoms with van der Waals surface area (Å²) in [7, 11) is 0. The summed E-state index contributed by atoms with van der Waals surface area (Å²) in [4.78, 5) is 14.7. The van der Waals surface area contributed by atoms with Crippen molar-refractivity contribution in [3.63, 3.8) is 0 Å². The zero-order chi connectivity index (χ0) is 18.4. The predicted octanol–water partition coefficient (Wildman–Crippen LogP) is 3.09. The fourth-order valence-electron chi connectivity index (χ4n) is 3.63. The van der Waals surface area contributed by atoms with Crippen LogP contribution in [0.5, 0.6) is 0 Å². The van der Waals surface area contributed by atoms with Crippen molar-refractivity contribution in [2.75, 3.05) is 6.54 Å². The molecule has 7 heteroatoms. The Morgan fingerprint density at radius 3 is 2.81 bits per heavy atom. The van der Waals surface area contributed by atoms with Gasteiger partial charge in [0.2, 0.25) is 0 Å². The highest BCUT2D eigenvalue weighted by molar-refractivity contribution is 6.04. The Balaban J connectivity index is 1.46. The summed E-state index contributed by atoms with van der Waals surface area (Å²) in [6.07, 6.45) is 2.48. The van der Waals surface area contributed by atoms with Crippen LogP contribution in [-0.2, 0) is 13.0 Å². The van der Waals surface area contributed by atoms with E-state index in [-0.39, 0.29) is 17.0 Å². The summed E-state index contributed by atoms with van der Waals surface area (Å²) in [6, 6.07) is 14.6. The second-order valence-electron chi connectivity index (χ2n) is 6.58. The maximum absolute atomic E-state index is 14.2. The Kier molecular flexibility index (Phi) is 3.53. The van der Waals surface area contributed by atoms with Crippen LogP contribution in [0.3, 0.4) is 0 Å². The molecule has 134 valence electrons. The lowest BCUT2D eigenvalue weighted by Crippen LogP contribution is -2.36. The van der Waals surface area contributed by atoms with E-state index in [1.54, 1.807) is 23.2 Å². The average molecular weight is 361 g/mol. The first-order valence-corrected chi connectivity index (χ1v) is 8.75. The van der Waals surface area contributed by atoms with Gasteiger partial charge in [-0.1, -0.05) is 24.3 Å². The third kappa shape index (κ3) is 2.51. The summed E-state index contributed by atoms with van der Waals surface area (Å²) in [5.74, 6) is -0.719. The average Bonchev–Trinajstić information content (AvgIpc) is 3.33. The van der Waals surface area contributed by atoms with Crippen LogP contribution in [0.1, 0.15) is 21.7 Å². The number of halogens is 1. The minimum absolute atomic E-state index is 0.127. The zero-order valence-electron chi connectivity index (χ0n) is 14.4. The molecule has 1 N–H and O–H groups in total. The van der Waals surface area contributed by atoms with Gasteiger partial charge in [-0.15, -0.1) is 0 Å². The van der Waals surface area contributed by atoms with Crippen LogP contribution in [0.25, 0.3) is 16.6 Å². The van der Waals surface area contributed by atoms with Crippen LogP contribution < -0.4 is 0 Å². The Bertz CT molecular complexity index is 1150.